The molecule has 0 spiro atoms. The van der Waals surface area contributed by atoms with Crippen LogP contribution in [0.15, 0.2) is 53.2 Å². The number of methoxy groups -OCH3 is 1. The number of aliphatic imine (C=N–C) groups is 1. The van der Waals surface area contributed by atoms with Crippen molar-refractivity contribution >= 4 is 41.0 Å². The first-order valence-electron chi connectivity index (χ1n) is 7.74. The van der Waals surface area contributed by atoms with Crippen molar-refractivity contribution in [3.63, 3.8) is 0 Å². The number of aryl methyl sites for hydroxylation is 1. The molecule has 0 unspecified atom stereocenters. The van der Waals surface area contributed by atoms with Crippen LogP contribution in [-0.4, -0.2) is 18.9 Å². The summed E-state index contributed by atoms with van der Waals surface area (Å²) in [6, 6.07) is 13.0. The summed E-state index contributed by atoms with van der Waals surface area (Å²) < 4.78 is 5.14. The SMILES string of the molecule is COc1ccc(CCC2=N/C(=C/c3ccc(Cl)c(Cl)c3)C(=O)N2)cc1. The lowest BCUT2D eigenvalue weighted by Crippen LogP contribution is -2.24. The van der Waals surface area contributed by atoms with E-state index < -0.39 is 0 Å². The third-order valence-corrected chi connectivity index (χ3v) is 4.54. The molecule has 3 rings (SSSR count). The minimum atomic E-state index is -0.212. The smallest absolute Gasteiger partial charge is 0.275 e. The predicted molar refractivity (Wildman–Crippen MR) is 101 cm³/mol. The maximum atomic E-state index is 12.1. The lowest BCUT2D eigenvalue weighted by molar-refractivity contribution is -0.115. The van der Waals surface area contributed by atoms with Crippen LogP contribution in [0.4, 0.5) is 0 Å². The summed E-state index contributed by atoms with van der Waals surface area (Å²) in [4.78, 5) is 16.4. The van der Waals surface area contributed by atoms with Gasteiger partial charge in [0.1, 0.15) is 17.3 Å². The molecule has 4 nitrogen and oxygen atoms in total. The number of amides is 1. The van der Waals surface area contributed by atoms with Gasteiger partial charge in [-0.3, -0.25) is 4.79 Å². The molecule has 0 bridgehead atoms. The van der Waals surface area contributed by atoms with Gasteiger partial charge in [-0.15, -0.1) is 0 Å². The number of benzene rings is 2. The van der Waals surface area contributed by atoms with Crippen LogP contribution in [0.25, 0.3) is 6.08 Å². The molecule has 25 heavy (non-hydrogen) atoms. The minimum Gasteiger partial charge on any atom is -0.497 e. The summed E-state index contributed by atoms with van der Waals surface area (Å²) in [5.74, 6) is 1.27. The van der Waals surface area contributed by atoms with Gasteiger partial charge in [-0.05, 0) is 47.9 Å². The number of amidine groups is 1. The molecule has 0 atom stereocenters. The summed E-state index contributed by atoms with van der Waals surface area (Å²) in [5, 5.41) is 3.72. The van der Waals surface area contributed by atoms with E-state index in [0.717, 1.165) is 23.3 Å². The van der Waals surface area contributed by atoms with Gasteiger partial charge >= 0.3 is 0 Å². The van der Waals surface area contributed by atoms with Crippen LogP contribution in [0.3, 0.4) is 0 Å². The Morgan fingerprint density at radius 1 is 1.08 bits per heavy atom. The van der Waals surface area contributed by atoms with E-state index in [9.17, 15) is 4.79 Å². The second-order valence-electron chi connectivity index (χ2n) is 5.56. The van der Waals surface area contributed by atoms with Gasteiger partial charge in [0.25, 0.3) is 5.91 Å². The molecule has 128 valence electrons. The van der Waals surface area contributed by atoms with Crippen LogP contribution >= 0.6 is 23.2 Å². The van der Waals surface area contributed by atoms with Crippen molar-refractivity contribution in [2.24, 2.45) is 4.99 Å². The van der Waals surface area contributed by atoms with Crippen molar-refractivity contribution in [3.05, 3.63) is 69.3 Å². The van der Waals surface area contributed by atoms with Crippen LogP contribution < -0.4 is 10.1 Å². The van der Waals surface area contributed by atoms with E-state index in [4.69, 9.17) is 27.9 Å². The van der Waals surface area contributed by atoms with Gasteiger partial charge in [0.2, 0.25) is 0 Å². The summed E-state index contributed by atoms with van der Waals surface area (Å²) >= 11 is 11.9. The number of carbonyl (C=O) groups excluding carboxylic acids is 1. The number of halogens is 2. The Labute approximate surface area is 156 Å². The van der Waals surface area contributed by atoms with Gasteiger partial charge in [0.05, 0.1) is 17.2 Å². The van der Waals surface area contributed by atoms with Crippen molar-refractivity contribution in [1.82, 2.24) is 5.32 Å². The van der Waals surface area contributed by atoms with Gasteiger partial charge in [0, 0.05) is 6.42 Å². The van der Waals surface area contributed by atoms with E-state index in [-0.39, 0.29) is 5.91 Å². The standard InChI is InChI=1S/C19H16Cl2N2O2/c1-25-14-6-2-12(3-7-14)5-9-18-22-17(19(24)23-18)11-13-4-8-15(20)16(21)10-13/h2-4,6-8,10-11H,5,9H2,1H3,(H,22,23,24)/b17-11+. The van der Waals surface area contributed by atoms with Crippen LogP contribution in [0.2, 0.25) is 10.0 Å². The molecular weight excluding hydrogens is 359 g/mol. The molecule has 1 aliphatic rings. The third-order valence-electron chi connectivity index (χ3n) is 3.80. The highest BCUT2D eigenvalue weighted by Gasteiger charge is 2.19. The van der Waals surface area contributed by atoms with E-state index in [2.05, 4.69) is 10.3 Å². The molecule has 6 heteroatoms. The number of rotatable bonds is 5. The van der Waals surface area contributed by atoms with E-state index in [1.54, 1.807) is 31.4 Å². The fraction of sp³-hybridized carbons (Fsp3) is 0.158. The highest BCUT2D eigenvalue weighted by molar-refractivity contribution is 6.42. The quantitative estimate of drug-likeness (QED) is 0.783. The second-order valence-corrected chi connectivity index (χ2v) is 6.38. The van der Waals surface area contributed by atoms with Crippen molar-refractivity contribution in [3.8, 4) is 5.75 Å². The molecule has 0 aromatic heterocycles. The van der Waals surface area contributed by atoms with Crippen molar-refractivity contribution in [2.75, 3.05) is 7.11 Å². The first-order chi connectivity index (χ1) is 12.0. The van der Waals surface area contributed by atoms with Crippen LogP contribution in [0, 0.1) is 0 Å². The van der Waals surface area contributed by atoms with E-state index in [0.29, 0.717) is 28.0 Å². The monoisotopic (exact) mass is 374 g/mol. The average molecular weight is 375 g/mol. The van der Waals surface area contributed by atoms with Crippen LogP contribution in [0.5, 0.6) is 5.75 Å². The zero-order valence-corrected chi connectivity index (χ0v) is 15.1. The number of ether oxygens (including phenoxy) is 1. The molecule has 0 saturated heterocycles. The maximum absolute atomic E-state index is 12.1. The Bertz CT molecular complexity index is 858. The molecule has 1 amide bonds. The predicted octanol–water partition coefficient (Wildman–Crippen LogP) is 4.50. The van der Waals surface area contributed by atoms with E-state index in [1.165, 1.54) is 0 Å². The van der Waals surface area contributed by atoms with Crippen molar-refractivity contribution < 1.29 is 9.53 Å². The number of hydrogen-bond acceptors (Lipinski definition) is 3. The van der Waals surface area contributed by atoms with Gasteiger partial charge in [-0.25, -0.2) is 4.99 Å². The molecule has 1 N–H and O–H groups in total. The fourth-order valence-corrected chi connectivity index (χ4v) is 2.76. The largest absolute Gasteiger partial charge is 0.497 e. The molecule has 0 aliphatic carbocycles. The minimum absolute atomic E-state index is 0.212. The van der Waals surface area contributed by atoms with E-state index in [1.807, 2.05) is 24.3 Å². The zero-order chi connectivity index (χ0) is 17.8. The Hall–Kier alpha value is -2.30. The average Bonchev–Trinajstić information content (AvgIpc) is 2.96. The highest BCUT2D eigenvalue weighted by atomic mass is 35.5. The number of carbonyl (C=O) groups is 1. The van der Waals surface area contributed by atoms with Gasteiger partial charge in [-0.2, -0.15) is 0 Å². The Morgan fingerprint density at radius 3 is 2.52 bits per heavy atom. The first-order valence-corrected chi connectivity index (χ1v) is 8.49. The van der Waals surface area contributed by atoms with Crippen LogP contribution in [-0.2, 0) is 11.2 Å². The Kier molecular flexibility index (Phi) is 5.41. The number of nitrogens with one attached hydrogen (secondary N) is 1. The molecule has 0 saturated carbocycles. The lowest BCUT2D eigenvalue weighted by atomic mass is 10.1. The molecule has 0 fully saturated rings. The summed E-state index contributed by atoms with van der Waals surface area (Å²) in [7, 11) is 1.64. The molecule has 0 radical (unpaired) electrons. The molecule has 2 aromatic rings. The van der Waals surface area contributed by atoms with Gasteiger partial charge in [-0.1, -0.05) is 41.4 Å². The van der Waals surface area contributed by atoms with Crippen molar-refractivity contribution in [1.29, 1.82) is 0 Å². The second kappa shape index (κ2) is 7.72. The summed E-state index contributed by atoms with van der Waals surface area (Å²) in [6.45, 7) is 0. The molecule has 2 aromatic carbocycles. The normalized spacial score (nSPS) is 15.2. The third kappa shape index (κ3) is 4.41. The lowest BCUT2D eigenvalue weighted by Gasteiger charge is -2.03. The molecule has 1 aliphatic heterocycles. The topological polar surface area (TPSA) is 50.7 Å². The fourth-order valence-electron chi connectivity index (χ4n) is 2.45. The highest BCUT2D eigenvalue weighted by Crippen LogP contribution is 2.24. The van der Waals surface area contributed by atoms with Gasteiger partial charge in [0.15, 0.2) is 0 Å². The summed E-state index contributed by atoms with van der Waals surface area (Å²) in [5.41, 5.74) is 2.29. The summed E-state index contributed by atoms with van der Waals surface area (Å²) in [6.07, 6.45) is 3.12. The Balaban J connectivity index is 1.68. The number of nitrogens with zero attached hydrogens (tertiary/aromatic N) is 1. The van der Waals surface area contributed by atoms with E-state index >= 15 is 0 Å². The first kappa shape index (κ1) is 17.5. The van der Waals surface area contributed by atoms with Crippen molar-refractivity contribution in [2.45, 2.75) is 12.8 Å². The zero-order valence-electron chi connectivity index (χ0n) is 13.6. The Morgan fingerprint density at radius 2 is 1.84 bits per heavy atom. The molecular formula is C19H16Cl2N2O2. The number of hydrogen-bond donors (Lipinski definition) is 1. The molecule has 1 heterocycles. The maximum Gasteiger partial charge on any atom is 0.275 e. The van der Waals surface area contributed by atoms with Gasteiger partial charge < -0.3 is 10.1 Å². The van der Waals surface area contributed by atoms with Crippen LogP contribution in [0.1, 0.15) is 17.5 Å².